The number of hydrogen-bond acceptors (Lipinski definition) is 6. The van der Waals surface area contributed by atoms with Crippen LogP contribution in [0.4, 0.5) is 0 Å². The Morgan fingerprint density at radius 1 is 1.11 bits per heavy atom. The minimum absolute atomic E-state index is 0.0311. The van der Waals surface area contributed by atoms with Crippen molar-refractivity contribution in [2.45, 2.75) is 5.16 Å². The Balaban J connectivity index is 1.64. The molecule has 136 valence electrons. The SMILES string of the molecule is COc1ccc(/C=C/C(=O)n2cnnc2SCC(=O)c2ccccc2)cc1. The maximum absolute atomic E-state index is 12.4. The van der Waals surface area contributed by atoms with Crippen LogP contribution in [-0.4, -0.2) is 39.3 Å². The third-order valence-electron chi connectivity index (χ3n) is 3.72. The molecule has 6 nitrogen and oxygen atoms in total. The zero-order valence-corrected chi connectivity index (χ0v) is 15.4. The van der Waals surface area contributed by atoms with Crippen LogP contribution in [0.15, 0.2) is 72.2 Å². The van der Waals surface area contributed by atoms with Gasteiger partial charge in [-0.15, -0.1) is 10.2 Å². The molecule has 1 aromatic heterocycles. The lowest BCUT2D eigenvalue weighted by Gasteiger charge is -2.03. The molecule has 0 spiro atoms. The van der Waals surface area contributed by atoms with Crippen LogP contribution in [-0.2, 0) is 0 Å². The van der Waals surface area contributed by atoms with Gasteiger partial charge in [-0.25, -0.2) is 4.57 Å². The van der Waals surface area contributed by atoms with Gasteiger partial charge in [0.2, 0.25) is 0 Å². The predicted octanol–water partition coefficient (Wildman–Crippen LogP) is 3.62. The smallest absolute Gasteiger partial charge is 0.258 e. The van der Waals surface area contributed by atoms with Crippen molar-refractivity contribution < 1.29 is 14.3 Å². The highest BCUT2D eigenvalue weighted by Gasteiger charge is 2.13. The summed E-state index contributed by atoms with van der Waals surface area (Å²) >= 11 is 1.18. The molecule has 3 aromatic rings. The number of thioether (sulfide) groups is 1. The second-order valence-electron chi connectivity index (χ2n) is 5.51. The van der Waals surface area contributed by atoms with Gasteiger partial charge in [0.15, 0.2) is 10.9 Å². The van der Waals surface area contributed by atoms with Gasteiger partial charge in [0.05, 0.1) is 12.9 Å². The molecule has 0 saturated heterocycles. The average molecular weight is 379 g/mol. The molecule has 0 atom stereocenters. The lowest BCUT2D eigenvalue weighted by atomic mass is 10.2. The Labute approximate surface area is 160 Å². The Bertz CT molecular complexity index is 950. The van der Waals surface area contributed by atoms with E-state index in [1.807, 2.05) is 42.5 Å². The highest BCUT2D eigenvalue weighted by atomic mass is 32.2. The predicted molar refractivity (Wildman–Crippen MR) is 104 cm³/mol. The van der Waals surface area contributed by atoms with E-state index in [1.54, 1.807) is 25.3 Å². The summed E-state index contributed by atoms with van der Waals surface area (Å²) in [5, 5.41) is 8.09. The zero-order chi connectivity index (χ0) is 19.1. The number of benzene rings is 2. The molecular weight excluding hydrogens is 362 g/mol. The summed E-state index contributed by atoms with van der Waals surface area (Å²) in [6.07, 6.45) is 4.48. The van der Waals surface area contributed by atoms with Gasteiger partial charge in [-0.3, -0.25) is 9.59 Å². The van der Waals surface area contributed by atoms with Gasteiger partial charge in [0, 0.05) is 11.6 Å². The molecule has 0 fully saturated rings. The van der Waals surface area contributed by atoms with Gasteiger partial charge < -0.3 is 4.74 Å². The van der Waals surface area contributed by atoms with Crippen molar-refractivity contribution in [2.24, 2.45) is 0 Å². The Morgan fingerprint density at radius 3 is 2.56 bits per heavy atom. The number of rotatable bonds is 7. The highest BCUT2D eigenvalue weighted by molar-refractivity contribution is 7.99. The first-order valence-electron chi connectivity index (χ1n) is 8.15. The van der Waals surface area contributed by atoms with Gasteiger partial charge >= 0.3 is 0 Å². The molecule has 27 heavy (non-hydrogen) atoms. The number of Topliss-reactive ketones (excluding diaryl/α,β-unsaturated/α-hetero) is 1. The number of nitrogens with zero attached hydrogens (tertiary/aromatic N) is 3. The third kappa shape index (κ3) is 4.92. The quantitative estimate of drug-likeness (QED) is 0.355. The first-order valence-corrected chi connectivity index (χ1v) is 9.13. The molecule has 0 amide bonds. The first kappa shape index (κ1) is 18.6. The number of ketones is 1. The van der Waals surface area contributed by atoms with Crippen molar-refractivity contribution in [3.05, 3.63) is 78.1 Å². The number of carbonyl (C=O) groups excluding carboxylic acids is 2. The topological polar surface area (TPSA) is 74.1 Å². The lowest BCUT2D eigenvalue weighted by Crippen LogP contribution is -2.09. The summed E-state index contributed by atoms with van der Waals surface area (Å²) in [6, 6.07) is 16.3. The number of ether oxygens (including phenoxy) is 1. The van der Waals surface area contributed by atoms with E-state index in [9.17, 15) is 9.59 Å². The molecule has 0 aliphatic heterocycles. The summed E-state index contributed by atoms with van der Waals surface area (Å²) in [5.74, 6) is 0.610. The highest BCUT2D eigenvalue weighted by Crippen LogP contribution is 2.17. The summed E-state index contributed by atoms with van der Waals surface area (Å²) in [6.45, 7) is 0. The second kappa shape index (κ2) is 8.95. The van der Waals surface area contributed by atoms with Crippen molar-refractivity contribution in [1.82, 2.24) is 14.8 Å². The van der Waals surface area contributed by atoms with Crippen molar-refractivity contribution in [3.8, 4) is 5.75 Å². The van der Waals surface area contributed by atoms with Crippen LogP contribution in [0.3, 0.4) is 0 Å². The van der Waals surface area contributed by atoms with E-state index < -0.39 is 0 Å². The molecule has 1 heterocycles. The largest absolute Gasteiger partial charge is 0.497 e. The van der Waals surface area contributed by atoms with Crippen LogP contribution in [0.1, 0.15) is 20.7 Å². The maximum Gasteiger partial charge on any atom is 0.258 e. The molecular formula is C20H17N3O3S. The minimum atomic E-state index is -0.287. The molecule has 0 bridgehead atoms. The number of carbonyl (C=O) groups is 2. The summed E-state index contributed by atoms with van der Waals surface area (Å²) in [5.41, 5.74) is 1.49. The first-order chi connectivity index (χ1) is 13.2. The van der Waals surface area contributed by atoms with E-state index in [2.05, 4.69) is 10.2 Å². The molecule has 0 unspecified atom stereocenters. The fourth-order valence-corrected chi connectivity index (χ4v) is 3.08. The van der Waals surface area contributed by atoms with E-state index in [-0.39, 0.29) is 17.4 Å². The maximum atomic E-state index is 12.4. The van der Waals surface area contributed by atoms with E-state index >= 15 is 0 Å². The van der Waals surface area contributed by atoms with Gasteiger partial charge in [0.1, 0.15) is 12.1 Å². The third-order valence-corrected chi connectivity index (χ3v) is 4.66. The van der Waals surface area contributed by atoms with Crippen molar-refractivity contribution in [2.75, 3.05) is 12.9 Å². The normalized spacial score (nSPS) is 10.9. The van der Waals surface area contributed by atoms with Crippen molar-refractivity contribution in [1.29, 1.82) is 0 Å². The van der Waals surface area contributed by atoms with E-state index in [0.29, 0.717) is 10.7 Å². The van der Waals surface area contributed by atoms with Crippen LogP contribution >= 0.6 is 11.8 Å². The number of allylic oxidation sites excluding steroid dienone is 1. The van der Waals surface area contributed by atoms with Gasteiger partial charge in [-0.05, 0) is 23.8 Å². The van der Waals surface area contributed by atoms with Crippen LogP contribution in [0.5, 0.6) is 5.75 Å². The summed E-state index contributed by atoms with van der Waals surface area (Å²) in [4.78, 5) is 24.6. The molecule has 0 aliphatic carbocycles. The summed E-state index contributed by atoms with van der Waals surface area (Å²) in [7, 11) is 1.60. The van der Waals surface area contributed by atoms with Crippen LogP contribution in [0.2, 0.25) is 0 Å². The fraction of sp³-hybridized carbons (Fsp3) is 0.100. The molecule has 7 heteroatoms. The van der Waals surface area contributed by atoms with E-state index in [1.165, 1.54) is 28.7 Å². The zero-order valence-electron chi connectivity index (χ0n) is 14.6. The number of hydrogen-bond donors (Lipinski definition) is 0. The van der Waals surface area contributed by atoms with Crippen LogP contribution in [0.25, 0.3) is 6.08 Å². The van der Waals surface area contributed by atoms with Crippen LogP contribution < -0.4 is 4.74 Å². The second-order valence-corrected chi connectivity index (χ2v) is 6.45. The number of methoxy groups -OCH3 is 1. The number of aromatic nitrogens is 3. The minimum Gasteiger partial charge on any atom is -0.497 e. The van der Waals surface area contributed by atoms with E-state index in [4.69, 9.17) is 4.74 Å². The van der Waals surface area contributed by atoms with Gasteiger partial charge in [-0.2, -0.15) is 0 Å². The molecule has 0 N–H and O–H groups in total. The summed E-state index contributed by atoms with van der Waals surface area (Å²) < 4.78 is 6.43. The molecule has 0 saturated carbocycles. The standard InChI is InChI=1S/C20H17N3O3S/c1-26-17-10-7-15(8-11-17)9-12-19(25)23-14-21-22-20(23)27-13-18(24)16-5-3-2-4-6-16/h2-12,14H,13H2,1H3/b12-9+. The molecule has 0 radical (unpaired) electrons. The Hall–Kier alpha value is -3.19. The van der Waals surface area contributed by atoms with Crippen molar-refractivity contribution >= 4 is 29.5 Å². The Morgan fingerprint density at radius 2 is 1.85 bits per heavy atom. The van der Waals surface area contributed by atoms with Crippen molar-refractivity contribution in [3.63, 3.8) is 0 Å². The molecule has 0 aliphatic rings. The van der Waals surface area contributed by atoms with Gasteiger partial charge in [0.25, 0.3) is 5.91 Å². The average Bonchev–Trinajstić information content (AvgIpc) is 3.20. The fourth-order valence-electron chi connectivity index (χ4n) is 2.27. The molecule has 3 rings (SSSR count). The van der Waals surface area contributed by atoms with E-state index in [0.717, 1.165) is 11.3 Å². The van der Waals surface area contributed by atoms with Gasteiger partial charge in [-0.1, -0.05) is 54.2 Å². The Kier molecular flexibility index (Phi) is 6.17. The monoisotopic (exact) mass is 379 g/mol. The van der Waals surface area contributed by atoms with Crippen LogP contribution in [0, 0.1) is 0 Å². The lowest BCUT2D eigenvalue weighted by molar-refractivity contribution is 0.0957. The molecule has 2 aromatic carbocycles.